The summed E-state index contributed by atoms with van der Waals surface area (Å²) in [5.41, 5.74) is 0. The number of allylic oxidation sites excluding steroid dienone is 12. The molecule has 0 amide bonds. The van der Waals surface area contributed by atoms with Crippen molar-refractivity contribution in [2.24, 2.45) is 0 Å². The Kier molecular flexibility index (Phi) is 35.5. The van der Waals surface area contributed by atoms with Gasteiger partial charge in [0.15, 0.2) is 12.4 Å². The van der Waals surface area contributed by atoms with Crippen molar-refractivity contribution in [3.05, 3.63) is 72.9 Å². The van der Waals surface area contributed by atoms with E-state index < -0.39 is 71.2 Å². The van der Waals surface area contributed by atoms with Crippen LogP contribution in [0.25, 0.3) is 0 Å². The quantitative estimate of drug-likeness (QED) is 0.0199. The van der Waals surface area contributed by atoms with Gasteiger partial charge in [-0.25, -0.2) is 0 Å². The summed E-state index contributed by atoms with van der Waals surface area (Å²) < 4.78 is 54.0. The lowest BCUT2D eigenvalue weighted by molar-refractivity contribution is -0.297. The molecule has 0 spiro atoms. The van der Waals surface area contributed by atoms with E-state index in [9.17, 15) is 37.9 Å². The molecule has 356 valence electrons. The van der Waals surface area contributed by atoms with E-state index in [1.807, 2.05) is 12.2 Å². The van der Waals surface area contributed by atoms with Crippen molar-refractivity contribution in [3.63, 3.8) is 0 Å². The summed E-state index contributed by atoms with van der Waals surface area (Å²) in [4.78, 5) is 25.4. The minimum absolute atomic E-state index is 0.0348. The number of aliphatic hydroxyl groups excluding tert-OH is 3. The lowest BCUT2D eigenvalue weighted by Gasteiger charge is -2.40. The average Bonchev–Trinajstić information content (AvgIpc) is 3.24. The Balaban J connectivity index is 2.51. The van der Waals surface area contributed by atoms with Gasteiger partial charge in [-0.1, -0.05) is 151 Å². The summed E-state index contributed by atoms with van der Waals surface area (Å²) >= 11 is 0. The highest BCUT2D eigenvalue weighted by molar-refractivity contribution is 7.85. The highest BCUT2D eigenvalue weighted by atomic mass is 32.2. The minimum Gasteiger partial charge on any atom is -0.462 e. The Labute approximate surface area is 374 Å². The number of carbonyl (C=O) groups is 2. The van der Waals surface area contributed by atoms with E-state index in [2.05, 4.69) is 74.6 Å². The summed E-state index contributed by atoms with van der Waals surface area (Å²) in [6.07, 6.45) is 39.6. The molecule has 1 fully saturated rings. The molecular weight excluding hydrogens is 813 g/mol. The second kappa shape index (κ2) is 38.5. The molecule has 0 radical (unpaired) electrons. The van der Waals surface area contributed by atoms with Crippen LogP contribution in [0.2, 0.25) is 0 Å². The van der Waals surface area contributed by atoms with Crippen molar-refractivity contribution in [2.75, 3.05) is 19.0 Å². The van der Waals surface area contributed by atoms with Crippen molar-refractivity contribution in [3.8, 4) is 0 Å². The molecule has 0 aliphatic carbocycles. The monoisotopic (exact) mass is 895 g/mol. The number of carbonyl (C=O) groups excluding carboxylic acids is 2. The number of hydrogen-bond donors (Lipinski definition) is 4. The van der Waals surface area contributed by atoms with Crippen molar-refractivity contribution < 1.29 is 56.8 Å². The first-order valence-electron chi connectivity index (χ1n) is 23.5. The molecule has 12 nitrogen and oxygen atoms in total. The zero-order valence-electron chi connectivity index (χ0n) is 37.9. The van der Waals surface area contributed by atoms with Gasteiger partial charge >= 0.3 is 11.9 Å². The largest absolute Gasteiger partial charge is 0.462 e. The third kappa shape index (κ3) is 32.7. The molecule has 0 aromatic rings. The third-order valence-electron chi connectivity index (χ3n) is 10.3. The van der Waals surface area contributed by atoms with Crippen LogP contribution in [0.1, 0.15) is 168 Å². The van der Waals surface area contributed by atoms with E-state index in [1.165, 1.54) is 70.6 Å². The predicted molar refractivity (Wildman–Crippen MR) is 247 cm³/mol. The molecule has 0 aromatic heterocycles. The second-order valence-electron chi connectivity index (χ2n) is 16.1. The Morgan fingerprint density at radius 3 is 1.55 bits per heavy atom. The number of rotatable bonds is 38. The zero-order chi connectivity index (χ0) is 45.5. The molecule has 1 heterocycles. The van der Waals surface area contributed by atoms with E-state index in [0.717, 1.165) is 51.4 Å². The van der Waals surface area contributed by atoms with Crippen molar-refractivity contribution >= 4 is 22.1 Å². The van der Waals surface area contributed by atoms with E-state index in [0.29, 0.717) is 19.3 Å². The van der Waals surface area contributed by atoms with Crippen molar-refractivity contribution in [1.29, 1.82) is 0 Å². The van der Waals surface area contributed by atoms with Crippen LogP contribution in [0, 0.1) is 0 Å². The summed E-state index contributed by atoms with van der Waals surface area (Å²) in [6, 6.07) is 0. The molecule has 1 aliphatic heterocycles. The topological polar surface area (TPSA) is 186 Å². The van der Waals surface area contributed by atoms with Gasteiger partial charge in [-0.05, 0) is 77.0 Å². The van der Waals surface area contributed by atoms with Crippen LogP contribution in [-0.2, 0) is 38.7 Å². The van der Waals surface area contributed by atoms with E-state index in [1.54, 1.807) is 0 Å². The van der Waals surface area contributed by atoms with Crippen LogP contribution in [0.5, 0.6) is 0 Å². The standard InChI is InChI=1S/C49H82O12S/c1-3-5-7-9-11-13-15-17-19-20-21-22-24-26-28-30-32-34-36-38-45(51)60-42(40-59-49-48(54)47(53)46(52)43(61-49)41-62(55,56)57)39-58-44(50)37-35-33-31-29-27-25-23-18-16-14-12-10-8-6-4-2/h11,13,17,19,21-22,25-28,32,34,42-43,46-49,52-54H,3-10,12,14-16,18,20,23-24,29-31,33,35-41H2,1-2H3,(H,55,56,57)/b13-11+,19-17+,22-21+,27-25+,28-26+,34-32+/t42-,43-,46-,47?,48?,49+/m1/s1. The summed E-state index contributed by atoms with van der Waals surface area (Å²) in [5.74, 6) is -2.12. The van der Waals surface area contributed by atoms with Gasteiger partial charge in [0, 0.05) is 12.8 Å². The van der Waals surface area contributed by atoms with Crippen LogP contribution in [0.4, 0.5) is 0 Å². The first-order chi connectivity index (χ1) is 30.0. The van der Waals surface area contributed by atoms with Gasteiger partial charge < -0.3 is 34.3 Å². The molecule has 4 N–H and O–H groups in total. The van der Waals surface area contributed by atoms with Crippen LogP contribution in [-0.4, -0.2) is 96.0 Å². The van der Waals surface area contributed by atoms with Gasteiger partial charge in [-0.15, -0.1) is 0 Å². The van der Waals surface area contributed by atoms with Gasteiger partial charge in [0.05, 0.1) is 6.61 Å². The Hall–Kier alpha value is -2.91. The molecule has 1 aliphatic rings. The maximum Gasteiger partial charge on any atom is 0.306 e. The SMILES string of the molecule is CCCCC/C=C/C/C=C/C/C=C/C/C=C/C/C=C/CCC(=O)O[C@H](COC(=O)CCCCC/C=C/CCCCCCCCCC)CO[C@H]1O[C@H](CS(=O)(=O)O)[C@@H](O)C(O)C1O. The van der Waals surface area contributed by atoms with Gasteiger partial charge in [-0.2, -0.15) is 8.42 Å². The van der Waals surface area contributed by atoms with Crippen LogP contribution < -0.4 is 0 Å². The maximum atomic E-state index is 12.8. The summed E-state index contributed by atoms with van der Waals surface area (Å²) in [5, 5.41) is 30.9. The molecule has 13 heteroatoms. The van der Waals surface area contributed by atoms with E-state index >= 15 is 0 Å². The molecule has 6 atom stereocenters. The number of esters is 2. The molecule has 0 saturated carbocycles. The minimum atomic E-state index is -4.62. The van der Waals surface area contributed by atoms with E-state index in [-0.39, 0.29) is 19.4 Å². The van der Waals surface area contributed by atoms with Gasteiger partial charge in [0.25, 0.3) is 10.1 Å². The number of hydrogen-bond acceptors (Lipinski definition) is 11. The Bertz CT molecular complexity index is 1420. The fourth-order valence-corrected chi connectivity index (χ4v) is 7.28. The Morgan fingerprint density at radius 2 is 1.00 bits per heavy atom. The normalized spacial score (nSPS) is 20.5. The van der Waals surface area contributed by atoms with Gasteiger partial charge in [0.1, 0.15) is 36.8 Å². The highest BCUT2D eigenvalue weighted by Gasteiger charge is 2.46. The first-order valence-corrected chi connectivity index (χ1v) is 25.1. The smallest absolute Gasteiger partial charge is 0.306 e. The summed E-state index contributed by atoms with van der Waals surface area (Å²) in [7, 11) is -4.62. The average molecular weight is 895 g/mol. The maximum absolute atomic E-state index is 12.8. The molecule has 2 unspecified atom stereocenters. The Morgan fingerprint density at radius 1 is 0.548 bits per heavy atom. The predicted octanol–water partition coefficient (Wildman–Crippen LogP) is 9.89. The molecule has 1 saturated heterocycles. The molecular formula is C49H82O12S. The number of ether oxygens (including phenoxy) is 4. The van der Waals surface area contributed by atoms with Crippen LogP contribution in [0.3, 0.4) is 0 Å². The highest BCUT2D eigenvalue weighted by Crippen LogP contribution is 2.24. The number of aliphatic hydroxyl groups is 3. The molecule has 1 rings (SSSR count). The molecule has 62 heavy (non-hydrogen) atoms. The van der Waals surface area contributed by atoms with Crippen LogP contribution >= 0.6 is 0 Å². The first kappa shape index (κ1) is 57.1. The molecule has 0 aromatic carbocycles. The lowest BCUT2D eigenvalue weighted by Crippen LogP contribution is -2.60. The van der Waals surface area contributed by atoms with Crippen molar-refractivity contribution in [1.82, 2.24) is 0 Å². The van der Waals surface area contributed by atoms with Gasteiger partial charge in [0.2, 0.25) is 0 Å². The summed E-state index contributed by atoms with van der Waals surface area (Å²) in [6.45, 7) is 3.65. The van der Waals surface area contributed by atoms with E-state index in [4.69, 9.17) is 18.9 Å². The third-order valence-corrected chi connectivity index (χ3v) is 11.0. The number of unbranched alkanes of at least 4 members (excludes halogenated alkanes) is 14. The van der Waals surface area contributed by atoms with Crippen LogP contribution in [0.15, 0.2) is 72.9 Å². The zero-order valence-corrected chi connectivity index (χ0v) is 38.8. The lowest BCUT2D eigenvalue weighted by atomic mass is 10.00. The van der Waals surface area contributed by atoms with Crippen molar-refractivity contribution in [2.45, 2.75) is 205 Å². The fraction of sp³-hybridized carbons (Fsp3) is 0.714. The second-order valence-corrected chi connectivity index (χ2v) is 17.6. The fourth-order valence-electron chi connectivity index (χ4n) is 6.59. The van der Waals surface area contributed by atoms with Gasteiger partial charge in [-0.3, -0.25) is 14.1 Å². The molecule has 0 bridgehead atoms.